The molecule has 0 spiro atoms. The summed E-state index contributed by atoms with van der Waals surface area (Å²) < 4.78 is 4.35. The van der Waals surface area contributed by atoms with E-state index >= 15 is 0 Å². The maximum atomic E-state index is 10.8. The van der Waals surface area contributed by atoms with Crippen LogP contribution in [0, 0.1) is 5.92 Å². The maximum absolute atomic E-state index is 10.8. The van der Waals surface area contributed by atoms with E-state index in [2.05, 4.69) is 10.1 Å². The SMILES string of the molecule is CNC(=O)C1C(=O)COC1=O. The highest BCUT2D eigenvalue weighted by molar-refractivity contribution is 6.19. The number of ketones is 1. The molecule has 11 heavy (non-hydrogen) atoms. The summed E-state index contributed by atoms with van der Waals surface area (Å²) in [5, 5.41) is 2.21. The lowest BCUT2D eigenvalue weighted by atomic mass is 10.1. The van der Waals surface area contributed by atoms with Crippen molar-refractivity contribution >= 4 is 17.7 Å². The van der Waals surface area contributed by atoms with Crippen molar-refractivity contribution in [2.45, 2.75) is 0 Å². The fraction of sp³-hybridized carbons (Fsp3) is 0.500. The maximum Gasteiger partial charge on any atom is 0.326 e. The van der Waals surface area contributed by atoms with Crippen molar-refractivity contribution in [1.82, 2.24) is 5.32 Å². The molecule has 1 heterocycles. The third kappa shape index (κ3) is 1.21. The molecule has 1 atom stereocenters. The molecule has 1 fully saturated rings. The van der Waals surface area contributed by atoms with Gasteiger partial charge in [0.05, 0.1) is 0 Å². The zero-order valence-corrected chi connectivity index (χ0v) is 5.92. The molecular weight excluding hydrogens is 150 g/mol. The molecule has 1 unspecified atom stereocenters. The first-order valence-corrected chi connectivity index (χ1v) is 3.07. The molecule has 1 aliphatic heterocycles. The second-order valence-corrected chi connectivity index (χ2v) is 2.12. The zero-order valence-electron chi connectivity index (χ0n) is 5.92. The normalized spacial score (nSPS) is 23.2. The number of hydrogen-bond acceptors (Lipinski definition) is 4. The van der Waals surface area contributed by atoms with Crippen LogP contribution in [-0.2, 0) is 19.1 Å². The molecule has 0 radical (unpaired) electrons. The van der Waals surface area contributed by atoms with E-state index in [-0.39, 0.29) is 6.61 Å². The standard InChI is InChI=1S/C6H7NO4/c1-7-5(9)4-3(8)2-11-6(4)10/h4H,2H2,1H3,(H,7,9). The van der Waals surface area contributed by atoms with Gasteiger partial charge in [-0.25, -0.2) is 0 Å². The van der Waals surface area contributed by atoms with Gasteiger partial charge in [-0.1, -0.05) is 0 Å². The second-order valence-electron chi connectivity index (χ2n) is 2.12. The number of rotatable bonds is 1. The molecule has 1 amide bonds. The van der Waals surface area contributed by atoms with E-state index < -0.39 is 23.6 Å². The number of carbonyl (C=O) groups is 3. The molecule has 0 aromatic carbocycles. The Balaban J connectivity index is 2.76. The van der Waals surface area contributed by atoms with Crippen molar-refractivity contribution in [2.24, 2.45) is 5.92 Å². The number of ether oxygens (including phenoxy) is 1. The smallest absolute Gasteiger partial charge is 0.326 e. The quantitative estimate of drug-likeness (QED) is 0.370. The number of carbonyl (C=O) groups excluding carboxylic acids is 3. The molecule has 0 aromatic rings. The summed E-state index contributed by atoms with van der Waals surface area (Å²) in [6, 6.07) is 0. The van der Waals surface area contributed by atoms with Gasteiger partial charge in [-0.15, -0.1) is 0 Å². The average Bonchev–Trinajstić information content (AvgIpc) is 2.30. The monoisotopic (exact) mass is 157 g/mol. The number of nitrogens with one attached hydrogen (secondary N) is 1. The fourth-order valence-electron chi connectivity index (χ4n) is 0.838. The molecule has 60 valence electrons. The Morgan fingerprint density at radius 2 is 2.27 bits per heavy atom. The van der Waals surface area contributed by atoms with Crippen LogP contribution in [0.5, 0.6) is 0 Å². The lowest BCUT2D eigenvalue weighted by Gasteiger charge is -1.99. The van der Waals surface area contributed by atoms with Crippen LogP contribution in [0.4, 0.5) is 0 Å². The molecular formula is C6H7NO4. The number of esters is 1. The van der Waals surface area contributed by atoms with E-state index in [1.807, 2.05) is 0 Å². The average molecular weight is 157 g/mol. The van der Waals surface area contributed by atoms with Gasteiger partial charge in [0.25, 0.3) is 0 Å². The van der Waals surface area contributed by atoms with E-state index in [1.165, 1.54) is 7.05 Å². The predicted octanol–water partition coefficient (Wildman–Crippen LogP) is -1.53. The van der Waals surface area contributed by atoms with E-state index in [0.29, 0.717) is 0 Å². The zero-order chi connectivity index (χ0) is 8.43. The van der Waals surface area contributed by atoms with Crippen LogP contribution in [0.3, 0.4) is 0 Å². The Hall–Kier alpha value is -1.39. The van der Waals surface area contributed by atoms with Gasteiger partial charge in [-0.05, 0) is 0 Å². The van der Waals surface area contributed by atoms with Crippen molar-refractivity contribution in [3.05, 3.63) is 0 Å². The first-order chi connectivity index (χ1) is 5.16. The minimum atomic E-state index is -1.24. The van der Waals surface area contributed by atoms with Crippen LogP contribution in [0.1, 0.15) is 0 Å². The predicted molar refractivity (Wildman–Crippen MR) is 33.5 cm³/mol. The molecule has 5 heteroatoms. The third-order valence-electron chi connectivity index (χ3n) is 1.42. The Kier molecular flexibility index (Phi) is 1.89. The summed E-state index contributed by atoms with van der Waals surface area (Å²) in [5.41, 5.74) is 0. The van der Waals surface area contributed by atoms with Crippen LogP contribution in [-0.4, -0.2) is 31.3 Å². The molecule has 0 bridgehead atoms. The van der Waals surface area contributed by atoms with E-state index in [4.69, 9.17) is 0 Å². The number of cyclic esters (lactones) is 1. The van der Waals surface area contributed by atoms with Crippen molar-refractivity contribution < 1.29 is 19.1 Å². The Morgan fingerprint density at radius 1 is 1.64 bits per heavy atom. The molecule has 1 aliphatic rings. The number of hydrogen-bond donors (Lipinski definition) is 1. The van der Waals surface area contributed by atoms with Crippen LogP contribution >= 0.6 is 0 Å². The number of amides is 1. The second kappa shape index (κ2) is 2.69. The van der Waals surface area contributed by atoms with Gasteiger partial charge < -0.3 is 10.1 Å². The van der Waals surface area contributed by atoms with Gasteiger partial charge in [-0.3, -0.25) is 14.4 Å². The van der Waals surface area contributed by atoms with Gasteiger partial charge in [0.15, 0.2) is 18.3 Å². The topological polar surface area (TPSA) is 72.5 Å². The van der Waals surface area contributed by atoms with E-state index in [1.54, 1.807) is 0 Å². The summed E-state index contributed by atoms with van der Waals surface area (Å²) in [6.45, 7) is -0.281. The summed E-state index contributed by atoms with van der Waals surface area (Å²) >= 11 is 0. The molecule has 1 rings (SSSR count). The highest BCUT2D eigenvalue weighted by Crippen LogP contribution is 2.09. The lowest BCUT2D eigenvalue weighted by molar-refractivity contribution is -0.145. The Labute approximate surface area is 62.7 Å². The molecule has 1 saturated heterocycles. The molecule has 5 nitrogen and oxygen atoms in total. The number of Topliss-reactive ketones (excluding diaryl/α,β-unsaturated/α-hetero) is 1. The fourth-order valence-corrected chi connectivity index (χ4v) is 0.838. The van der Waals surface area contributed by atoms with Gasteiger partial charge in [0, 0.05) is 7.05 Å². The van der Waals surface area contributed by atoms with Crippen LogP contribution in [0.15, 0.2) is 0 Å². The minimum absolute atomic E-state index is 0.281. The highest BCUT2D eigenvalue weighted by atomic mass is 16.5. The first-order valence-electron chi connectivity index (χ1n) is 3.07. The summed E-state index contributed by atoms with van der Waals surface area (Å²) in [4.78, 5) is 32.3. The van der Waals surface area contributed by atoms with Crippen molar-refractivity contribution in [3.63, 3.8) is 0 Å². The van der Waals surface area contributed by atoms with Gasteiger partial charge in [0.1, 0.15) is 0 Å². The molecule has 0 aromatic heterocycles. The van der Waals surface area contributed by atoms with Crippen molar-refractivity contribution in [3.8, 4) is 0 Å². The van der Waals surface area contributed by atoms with E-state index in [0.717, 1.165) is 0 Å². The minimum Gasteiger partial charge on any atom is -0.457 e. The summed E-state index contributed by atoms with van der Waals surface area (Å²) in [7, 11) is 1.36. The summed E-state index contributed by atoms with van der Waals surface area (Å²) in [6.07, 6.45) is 0. The van der Waals surface area contributed by atoms with Crippen molar-refractivity contribution in [2.75, 3.05) is 13.7 Å². The van der Waals surface area contributed by atoms with Gasteiger partial charge >= 0.3 is 5.97 Å². The van der Waals surface area contributed by atoms with Crippen LogP contribution in [0.2, 0.25) is 0 Å². The van der Waals surface area contributed by atoms with Crippen LogP contribution in [0.25, 0.3) is 0 Å². The molecule has 0 saturated carbocycles. The van der Waals surface area contributed by atoms with Crippen molar-refractivity contribution in [1.29, 1.82) is 0 Å². The molecule has 0 aliphatic carbocycles. The molecule has 1 N–H and O–H groups in total. The summed E-state index contributed by atoms with van der Waals surface area (Å²) in [5.74, 6) is -3.07. The highest BCUT2D eigenvalue weighted by Gasteiger charge is 2.40. The largest absolute Gasteiger partial charge is 0.457 e. The third-order valence-corrected chi connectivity index (χ3v) is 1.42. The van der Waals surface area contributed by atoms with E-state index in [9.17, 15) is 14.4 Å². The Morgan fingerprint density at radius 3 is 2.64 bits per heavy atom. The van der Waals surface area contributed by atoms with Crippen LogP contribution < -0.4 is 5.32 Å². The van der Waals surface area contributed by atoms with Gasteiger partial charge in [-0.2, -0.15) is 0 Å². The first kappa shape index (κ1) is 7.71. The van der Waals surface area contributed by atoms with Gasteiger partial charge in [0.2, 0.25) is 5.91 Å². The Bertz CT molecular complexity index is 207. The lowest BCUT2D eigenvalue weighted by Crippen LogP contribution is -2.34.